The molecule has 102 valence electrons. The fourth-order valence-electron chi connectivity index (χ4n) is 1.72. The van der Waals surface area contributed by atoms with Crippen LogP contribution in [0.4, 0.5) is 5.69 Å². The number of non-ortho nitro benzene ring substituents is 1. The lowest BCUT2D eigenvalue weighted by molar-refractivity contribution is -0.384. The van der Waals surface area contributed by atoms with Crippen molar-refractivity contribution in [3.05, 3.63) is 69.8 Å². The molecule has 0 fully saturated rings. The van der Waals surface area contributed by atoms with Gasteiger partial charge in [-0.15, -0.1) is 0 Å². The van der Waals surface area contributed by atoms with Crippen molar-refractivity contribution < 1.29 is 10.0 Å². The Morgan fingerprint density at radius 1 is 1.15 bits per heavy atom. The minimum Gasteiger partial charge on any atom is -0.508 e. The van der Waals surface area contributed by atoms with Gasteiger partial charge in [-0.2, -0.15) is 0 Å². The van der Waals surface area contributed by atoms with Gasteiger partial charge >= 0.3 is 0 Å². The summed E-state index contributed by atoms with van der Waals surface area (Å²) < 4.78 is 0. The molecule has 2 rings (SSSR count). The molecule has 20 heavy (non-hydrogen) atoms. The van der Waals surface area contributed by atoms with Crippen molar-refractivity contribution in [3.8, 4) is 5.75 Å². The topological polar surface area (TPSA) is 75.7 Å². The van der Waals surface area contributed by atoms with E-state index in [4.69, 9.17) is 0 Å². The van der Waals surface area contributed by atoms with E-state index in [-0.39, 0.29) is 17.5 Å². The van der Waals surface area contributed by atoms with E-state index in [0.717, 1.165) is 11.1 Å². The van der Waals surface area contributed by atoms with Gasteiger partial charge in [-0.1, -0.05) is 12.1 Å². The van der Waals surface area contributed by atoms with Crippen molar-refractivity contribution in [2.24, 2.45) is 4.99 Å². The molecule has 2 aromatic carbocycles. The first-order valence-electron chi connectivity index (χ1n) is 6.13. The van der Waals surface area contributed by atoms with Crippen molar-refractivity contribution in [1.29, 1.82) is 0 Å². The molecule has 1 atom stereocenters. The molecular weight excluding hydrogens is 256 g/mol. The Balaban J connectivity index is 2.09. The second-order valence-electron chi connectivity index (χ2n) is 4.39. The van der Waals surface area contributed by atoms with E-state index >= 15 is 0 Å². The highest BCUT2D eigenvalue weighted by atomic mass is 16.6. The zero-order chi connectivity index (χ0) is 14.5. The Labute approximate surface area is 116 Å². The highest BCUT2D eigenvalue weighted by molar-refractivity contribution is 5.79. The molecule has 0 radical (unpaired) electrons. The third kappa shape index (κ3) is 3.41. The summed E-state index contributed by atoms with van der Waals surface area (Å²) in [6.07, 6.45) is 1.71. The van der Waals surface area contributed by atoms with Crippen LogP contribution in [0.1, 0.15) is 24.1 Å². The lowest BCUT2D eigenvalue weighted by atomic mass is 10.1. The van der Waals surface area contributed by atoms with Crippen LogP contribution in [0.5, 0.6) is 5.75 Å². The van der Waals surface area contributed by atoms with Crippen molar-refractivity contribution in [2.75, 3.05) is 0 Å². The number of nitro benzene ring substituents is 1. The van der Waals surface area contributed by atoms with Crippen LogP contribution in [0.25, 0.3) is 0 Å². The Morgan fingerprint density at radius 3 is 2.30 bits per heavy atom. The van der Waals surface area contributed by atoms with Gasteiger partial charge in [0.25, 0.3) is 5.69 Å². The molecule has 1 unspecified atom stereocenters. The lowest BCUT2D eigenvalue weighted by Crippen LogP contribution is -1.93. The molecule has 0 saturated carbocycles. The zero-order valence-corrected chi connectivity index (χ0v) is 10.9. The SMILES string of the molecule is CC(N=Cc1ccc(O)cc1)c1ccc([N+](=O)[O-])cc1. The molecule has 0 amide bonds. The van der Waals surface area contributed by atoms with Gasteiger partial charge in [0, 0.05) is 18.3 Å². The molecule has 0 aliphatic rings. The number of rotatable bonds is 4. The summed E-state index contributed by atoms with van der Waals surface area (Å²) in [7, 11) is 0. The number of hydrogen-bond acceptors (Lipinski definition) is 4. The summed E-state index contributed by atoms with van der Waals surface area (Å²) in [6.45, 7) is 1.91. The van der Waals surface area contributed by atoms with Gasteiger partial charge in [0.05, 0.1) is 11.0 Å². The van der Waals surface area contributed by atoms with E-state index in [0.29, 0.717) is 0 Å². The summed E-state index contributed by atoms with van der Waals surface area (Å²) >= 11 is 0. The van der Waals surface area contributed by atoms with Crippen LogP contribution in [0, 0.1) is 10.1 Å². The minimum absolute atomic E-state index is 0.0727. The van der Waals surface area contributed by atoms with Gasteiger partial charge < -0.3 is 5.11 Å². The summed E-state index contributed by atoms with van der Waals surface area (Å²) in [5.41, 5.74) is 1.87. The molecule has 2 aromatic rings. The third-order valence-electron chi connectivity index (χ3n) is 2.93. The van der Waals surface area contributed by atoms with E-state index in [1.165, 1.54) is 12.1 Å². The number of aliphatic imine (C=N–C) groups is 1. The predicted octanol–water partition coefficient (Wildman–Crippen LogP) is 3.48. The van der Waals surface area contributed by atoms with E-state index < -0.39 is 4.92 Å². The van der Waals surface area contributed by atoms with Crippen molar-refractivity contribution in [3.63, 3.8) is 0 Å². The number of hydrogen-bond donors (Lipinski definition) is 1. The first kappa shape index (κ1) is 13.7. The van der Waals surface area contributed by atoms with Crippen LogP contribution in [0.15, 0.2) is 53.5 Å². The maximum Gasteiger partial charge on any atom is 0.269 e. The summed E-state index contributed by atoms with van der Waals surface area (Å²) in [4.78, 5) is 14.5. The van der Waals surface area contributed by atoms with E-state index in [9.17, 15) is 15.2 Å². The highest BCUT2D eigenvalue weighted by Crippen LogP contribution is 2.20. The maximum atomic E-state index is 10.6. The van der Waals surface area contributed by atoms with Gasteiger partial charge in [-0.3, -0.25) is 15.1 Å². The molecule has 5 nitrogen and oxygen atoms in total. The van der Waals surface area contributed by atoms with Gasteiger partial charge in [-0.05, 0) is 42.3 Å². The first-order chi connectivity index (χ1) is 9.56. The van der Waals surface area contributed by atoms with Crippen LogP contribution in [0.3, 0.4) is 0 Å². The van der Waals surface area contributed by atoms with Crippen molar-refractivity contribution in [1.82, 2.24) is 0 Å². The molecule has 0 spiro atoms. The Hall–Kier alpha value is -2.69. The fourth-order valence-corrected chi connectivity index (χ4v) is 1.72. The van der Waals surface area contributed by atoms with Gasteiger partial charge in [-0.25, -0.2) is 0 Å². The van der Waals surface area contributed by atoms with Crippen LogP contribution < -0.4 is 0 Å². The second kappa shape index (κ2) is 5.97. The summed E-state index contributed by atoms with van der Waals surface area (Å²) in [5, 5.41) is 19.8. The second-order valence-corrected chi connectivity index (χ2v) is 4.39. The Kier molecular flexibility index (Phi) is 4.10. The van der Waals surface area contributed by atoms with Gasteiger partial charge in [0.2, 0.25) is 0 Å². The largest absolute Gasteiger partial charge is 0.508 e. The number of phenolic OH excluding ortho intramolecular Hbond substituents is 1. The van der Waals surface area contributed by atoms with E-state index in [1.54, 1.807) is 42.6 Å². The van der Waals surface area contributed by atoms with E-state index in [1.807, 2.05) is 6.92 Å². The summed E-state index contributed by atoms with van der Waals surface area (Å²) in [5.74, 6) is 0.213. The number of phenols is 1. The van der Waals surface area contributed by atoms with E-state index in [2.05, 4.69) is 4.99 Å². The average Bonchev–Trinajstić information content (AvgIpc) is 2.46. The number of aromatic hydroxyl groups is 1. The molecule has 0 heterocycles. The summed E-state index contributed by atoms with van der Waals surface area (Å²) in [6, 6.07) is 13.0. The predicted molar refractivity (Wildman–Crippen MR) is 77.2 cm³/mol. The number of nitrogens with zero attached hydrogens (tertiary/aromatic N) is 2. The number of nitro groups is 1. The van der Waals surface area contributed by atoms with Gasteiger partial charge in [0.15, 0.2) is 0 Å². The van der Waals surface area contributed by atoms with Crippen molar-refractivity contribution >= 4 is 11.9 Å². The molecule has 0 aliphatic heterocycles. The monoisotopic (exact) mass is 270 g/mol. The lowest BCUT2D eigenvalue weighted by Gasteiger charge is -2.06. The molecule has 1 N–H and O–H groups in total. The van der Waals surface area contributed by atoms with Crippen LogP contribution in [-0.4, -0.2) is 16.2 Å². The smallest absolute Gasteiger partial charge is 0.269 e. The van der Waals surface area contributed by atoms with Crippen LogP contribution >= 0.6 is 0 Å². The highest BCUT2D eigenvalue weighted by Gasteiger charge is 2.07. The minimum atomic E-state index is -0.422. The average molecular weight is 270 g/mol. The van der Waals surface area contributed by atoms with Crippen molar-refractivity contribution in [2.45, 2.75) is 13.0 Å². The molecule has 0 bridgehead atoms. The van der Waals surface area contributed by atoms with Crippen LogP contribution in [0.2, 0.25) is 0 Å². The molecule has 0 saturated heterocycles. The third-order valence-corrected chi connectivity index (χ3v) is 2.93. The quantitative estimate of drug-likeness (QED) is 0.525. The van der Waals surface area contributed by atoms with Crippen LogP contribution in [-0.2, 0) is 0 Å². The van der Waals surface area contributed by atoms with Gasteiger partial charge in [0.1, 0.15) is 5.75 Å². The number of benzene rings is 2. The zero-order valence-electron chi connectivity index (χ0n) is 10.9. The first-order valence-corrected chi connectivity index (χ1v) is 6.13. The standard InChI is InChI=1S/C15H14N2O3/c1-11(13-4-6-14(7-5-13)17(19)20)16-10-12-2-8-15(18)9-3-12/h2-11,18H,1H3. The molecular formula is C15H14N2O3. The maximum absolute atomic E-state index is 10.6. The molecule has 5 heteroatoms. The molecule has 0 aromatic heterocycles. The Morgan fingerprint density at radius 2 is 1.75 bits per heavy atom. The normalized spacial score (nSPS) is 12.4. The molecule has 0 aliphatic carbocycles. The Bertz CT molecular complexity index is 619. The fraction of sp³-hybridized carbons (Fsp3) is 0.133.